The molecule has 88 valence electrons. The van der Waals surface area contributed by atoms with Gasteiger partial charge in [0.05, 0.1) is 11.6 Å². The van der Waals surface area contributed by atoms with E-state index in [1.807, 2.05) is 30.3 Å². The Morgan fingerprint density at radius 1 is 1.00 bits per heavy atom. The van der Waals surface area contributed by atoms with Gasteiger partial charge in [0, 0.05) is 0 Å². The topological polar surface area (TPSA) is 64.2 Å². The maximum atomic E-state index is 9.39. The number of nitriles is 1. The van der Waals surface area contributed by atoms with Crippen LogP contribution < -0.4 is 0 Å². The summed E-state index contributed by atoms with van der Waals surface area (Å²) < 4.78 is 0. The first kappa shape index (κ1) is 11.7. The average Bonchev–Trinajstić information content (AvgIpc) is 2.41. The summed E-state index contributed by atoms with van der Waals surface area (Å²) in [6, 6.07) is 15.8. The summed E-state index contributed by atoms with van der Waals surface area (Å²) in [6.07, 6.45) is 1.66. The lowest BCUT2D eigenvalue weighted by molar-refractivity contribution is 0.403. The van der Waals surface area contributed by atoms with Crippen LogP contribution in [0.4, 0.5) is 0 Å². The summed E-state index contributed by atoms with van der Waals surface area (Å²) in [4.78, 5) is 0. The van der Waals surface area contributed by atoms with Crippen LogP contribution in [0.2, 0.25) is 0 Å². The second-order valence-electron chi connectivity index (χ2n) is 3.78. The molecule has 0 heterocycles. The first-order chi connectivity index (χ1) is 8.70. The van der Waals surface area contributed by atoms with E-state index >= 15 is 0 Å². The third-order valence-corrected chi connectivity index (χ3v) is 2.52. The monoisotopic (exact) mass is 237 g/mol. The molecule has 0 spiro atoms. The van der Waals surface area contributed by atoms with Crippen LogP contribution in [0, 0.1) is 11.3 Å². The van der Waals surface area contributed by atoms with Crippen molar-refractivity contribution in [3.8, 4) is 17.6 Å². The normalized spacial score (nSPS) is 10.9. The molecule has 0 fully saturated rings. The molecule has 0 aliphatic heterocycles. The predicted octanol–water partition coefficient (Wildman–Crippen LogP) is 3.16. The van der Waals surface area contributed by atoms with E-state index in [0.717, 1.165) is 5.56 Å². The van der Waals surface area contributed by atoms with Crippen molar-refractivity contribution in [1.29, 1.82) is 5.26 Å². The van der Waals surface area contributed by atoms with Crippen LogP contribution in [0.15, 0.2) is 48.5 Å². The Balaban J connectivity index is 2.42. The molecule has 2 aromatic carbocycles. The molecule has 0 atom stereocenters. The highest BCUT2D eigenvalue weighted by molar-refractivity contribution is 5.89. The number of benzene rings is 2. The first-order valence-electron chi connectivity index (χ1n) is 5.40. The van der Waals surface area contributed by atoms with Crippen LogP contribution in [0.25, 0.3) is 11.6 Å². The minimum Gasteiger partial charge on any atom is -0.504 e. The van der Waals surface area contributed by atoms with Gasteiger partial charge in [0.2, 0.25) is 0 Å². The Labute approximate surface area is 105 Å². The Bertz CT molecular complexity index is 625. The number of nitrogens with zero attached hydrogens (tertiary/aromatic N) is 1. The molecule has 2 N–H and O–H groups in total. The van der Waals surface area contributed by atoms with Crippen LogP contribution >= 0.6 is 0 Å². The van der Waals surface area contributed by atoms with E-state index < -0.39 is 0 Å². The number of phenols is 2. The van der Waals surface area contributed by atoms with Crippen molar-refractivity contribution in [1.82, 2.24) is 0 Å². The molecule has 0 unspecified atom stereocenters. The average molecular weight is 237 g/mol. The van der Waals surface area contributed by atoms with Crippen molar-refractivity contribution in [3.63, 3.8) is 0 Å². The van der Waals surface area contributed by atoms with Gasteiger partial charge in [0.25, 0.3) is 0 Å². The van der Waals surface area contributed by atoms with Gasteiger partial charge in [-0.25, -0.2) is 0 Å². The van der Waals surface area contributed by atoms with Crippen LogP contribution in [-0.2, 0) is 0 Å². The zero-order valence-electron chi connectivity index (χ0n) is 9.54. The number of rotatable bonds is 2. The van der Waals surface area contributed by atoms with Gasteiger partial charge >= 0.3 is 0 Å². The van der Waals surface area contributed by atoms with Crippen molar-refractivity contribution in [3.05, 3.63) is 59.7 Å². The van der Waals surface area contributed by atoms with Gasteiger partial charge in [-0.3, -0.25) is 0 Å². The van der Waals surface area contributed by atoms with Gasteiger partial charge in [0.1, 0.15) is 0 Å². The van der Waals surface area contributed by atoms with Crippen LogP contribution in [-0.4, -0.2) is 10.2 Å². The lowest BCUT2D eigenvalue weighted by Crippen LogP contribution is -1.81. The van der Waals surface area contributed by atoms with E-state index in [1.165, 1.54) is 12.1 Å². The molecule has 0 saturated heterocycles. The molecule has 0 aromatic heterocycles. The molecule has 0 bridgehead atoms. The highest BCUT2D eigenvalue weighted by Crippen LogP contribution is 2.27. The zero-order valence-corrected chi connectivity index (χ0v) is 9.54. The maximum absolute atomic E-state index is 9.39. The van der Waals surface area contributed by atoms with E-state index in [-0.39, 0.29) is 11.5 Å². The quantitative estimate of drug-likeness (QED) is 0.479. The fraction of sp³-hybridized carbons (Fsp3) is 0. The minimum absolute atomic E-state index is 0.176. The number of aromatic hydroxyl groups is 2. The van der Waals surface area contributed by atoms with Crippen LogP contribution in [0.1, 0.15) is 11.1 Å². The standard InChI is InChI=1S/C15H11NO2/c16-10-13(12-4-2-1-3-5-12)8-11-6-7-14(17)15(18)9-11/h1-9,17-18H/b13-8+. The molecule has 0 saturated carbocycles. The van der Waals surface area contributed by atoms with Gasteiger partial charge in [0.15, 0.2) is 11.5 Å². The molecular weight excluding hydrogens is 226 g/mol. The van der Waals surface area contributed by atoms with E-state index in [4.69, 9.17) is 5.26 Å². The number of allylic oxidation sites excluding steroid dienone is 1. The highest BCUT2D eigenvalue weighted by atomic mass is 16.3. The summed E-state index contributed by atoms with van der Waals surface area (Å²) in [7, 11) is 0. The fourth-order valence-electron chi connectivity index (χ4n) is 1.59. The molecule has 0 aliphatic carbocycles. The molecular formula is C15H11NO2. The molecule has 3 heteroatoms. The summed E-state index contributed by atoms with van der Waals surface area (Å²) in [5.74, 6) is -0.375. The molecule has 3 nitrogen and oxygen atoms in total. The first-order valence-corrected chi connectivity index (χ1v) is 5.40. The smallest absolute Gasteiger partial charge is 0.157 e. The van der Waals surface area contributed by atoms with Crippen LogP contribution in [0.3, 0.4) is 0 Å². The SMILES string of the molecule is N#C/C(=C\c1ccc(O)c(O)c1)c1ccccc1. The van der Waals surface area contributed by atoms with Gasteiger partial charge in [-0.2, -0.15) is 5.26 Å². The Kier molecular flexibility index (Phi) is 3.31. The molecule has 18 heavy (non-hydrogen) atoms. The summed E-state index contributed by atoms with van der Waals surface area (Å²) >= 11 is 0. The van der Waals surface area contributed by atoms with E-state index in [2.05, 4.69) is 6.07 Å². The summed E-state index contributed by atoms with van der Waals surface area (Å²) in [6.45, 7) is 0. The Hall–Kier alpha value is -2.73. The Morgan fingerprint density at radius 3 is 2.33 bits per heavy atom. The Morgan fingerprint density at radius 2 is 1.72 bits per heavy atom. The van der Waals surface area contributed by atoms with E-state index in [0.29, 0.717) is 11.1 Å². The maximum Gasteiger partial charge on any atom is 0.157 e. The molecule has 2 rings (SSSR count). The number of phenolic OH excluding ortho intramolecular Hbond substituents is 2. The lowest BCUT2D eigenvalue weighted by Gasteiger charge is -2.01. The zero-order chi connectivity index (χ0) is 13.0. The van der Waals surface area contributed by atoms with E-state index in [1.54, 1.807) is 12.1 Å². The molecule has 2 aromatic rings. The minimum atomic E-state index is -0.200. The second kappa shape index (κ2) is 5.07. The molecule has 0 aliphatic rings. The lowest BCUT2D eigenvalue weighted by atomic mass is 10.0. The van der Waals surface area contributed by atoms with Gasteiger partial charge in [-0.05, 0) is 29.3 Å². The summed E-state index contributed by atoms with van der Waals surface area (Å²) in [5, 5.41) is 27.7. The molecule has 0 amide bonds. The number of hydrogen-bond donors (Lipinski definition) is 2. The largest absolute Gasteiger partial charge is 0.504 e. The second-order valence-corrected chi connectivity index (χ2v) is 3.78. The van der Waals surface area contributed by atoms with Gasteiger partial charge in [-0.1, -0.05) is 36.4 Å². The van der Waals surface area contributed by atoms with Crippen molar-refractivity contribution in [2.24, 2.45) is 0 Å². The van der Waals surface area contributed by atoms with Crippen molar-refractivity contribution >= 4 is 11.6 Å². The van der Waals surface area contributed by atoms with E-state index in [9.17, 15) is 10.2 Å². The third-order valence-electron chi connectivity index (χ3n) is 2.52. The fourth-order valence-corrected chi connectivity index (χ4v) is 1.59. The van der Waals surface area contributed by atoms with Crippen molar-refractivity contribution in [2.45, 2.75) is 0 Å². The number of hydrogen-bond acceptors (Lipinski definition) is 3. The molecule has 0 radical (unpaired) electrons. The highest BCUT2D eigenvalue weighted by Gasteiger charge is 2.02. The predicted molar refractivity (Wildman–Crippen MR) is 69.7 cm³/mol. The summed E-state index contributed by atoms with van der Waals surface area (Å²) in [5.41, 5.74) is 1.97. The van der Waals surface area contributed by atoms with Crippen molar-refractivity contribution < 1.29 is 10.2 Å². The van der Waals surface area contributed by atoms with Gasteiger partial charge in [-0.15, -0.1) is 0 Å². The third kappa shape index (κ3) is 2.50. The van der Waals surface area contributed by atoms with Crippen molar-refractivity contribution in [2.75, 3.05) is 0 Å². The van der Waals surface area contributed by atoms with Gasteiger partial charge < -0.3 is 10.2 Å². The van der Waals surface area contributed by atoms with Crippen LogP contribution in [0.5, 0.6) is 11.5 Å².